The lowest BCUT2D eigenvalue weighted by Crippen LogP contribution is -2.40. The van der Waals surface area contributed by atoms with E-state index in [1.54, 1.807) is 12.4 Å². The molecule has 0 atom stereocenters. The maximum absolute atomic E-state index is 12.3. The fourth-order valence-electron chi connectivity index (χ4n) is 2.17. The molecule has 0 amide bonds. The van der Waals surface area contributed by atoms with Crippen LogP contribution in [-0.4, -0.2) is 9.13 Å². The number of hydrogen-bond donors (Lipinski definition) is 0. The molecule has 2 rings (SSSR count). The minimum atomic E-state index is -0.513. The van der Waals surface area contributed by atoms with Gasteiger partial charge in [0.2, 0.25) is 0 Å². The highest BCUT2D eigenvalue weighted by molar-refractivity contribution is 5.40. The standard InChI is InChI=1S/C17H20N2O2/c1-4-14-7-5-6-8-15(14)19-12-11-18(10-9-13(2)3)16(20)17(19)21/h5-9,11-12H,4,10H2,1-3H3. The molecule has 4 nitrogen and oxygen atoms in total. The molecule has 1 heterocycles. The summed E-state index contributed by atoms with van der Waals surface area (Å²) in [5, 5.41) is 0. The monoisotopic (exact) mass is 284 g/mol. The van der Waals surface area contributed by atoms with E-state index in [1.807, 2.05) is 51.1 Å². The Labute approximate surface area is 124 Å². The van der Waals surface area contributed by atoms with E-state index in [4.69, 9.17) is 0 Å². The summed E-state index contributed by atoms with van der Waals surface area (Å²) in [6.07, 6.45) is 6.06. The third-order valence-corrected chi connectivity index (χ3v) is 3.39. The average Bonchev–Trinajstić information content (AvgIpc) is 2.48. The highest BCUT2D eigenvalue weighted by atomic mass is 16.2. The Balaban J connectivity index is 2.54. The van der Waals surface area contributed by atoms with Gasteiger partial charge in [0, 0.05) is 18.9 Å². The van der Waals surface area contributed by atoms with E-state index < -0.39 is 11.1 Å². The second kappa shape index (κ2) is 6.39. The summed E-state index contributed by atoms with van der Waals surface area (Å²) in [4.78, 5) is 24.5. The summed E-state index contributed by atoms with van der Waals surface area (Å²) in [5.41, 5.74) is 1.92. The van der Waals surface area contributed by atoms with Gasteiger partial charge in [-0.3, -0.25) is 14.2 Å². The van der Waals surface area contributed by atoms with Crippen molar-refractivity contribution in [3.8, 4) is 5.69 Å². The third kappa shape index (κ3) is 3.21. The molecular formula is C17H20N2O2. The zero-order valence-corrected chi connectivity index (χ0v) is 12.7. The molecule has 1 aromatic heterocycles. The maximum Gasteiger partial charge on any atom is 0.320 e. The predicted octanol–water partition coefficient (Wildman–Crippen LogP) is 2.53. The number of hydrogen-bond acceptors (Lipinski definition) is 2. The van der Waals surface area contributed by atoms with Gasteiger partial charge in [-0.25, -0.2) is 0 Å². The molecule has 0 bridgehead atoms. The molecule has 110 valence electrons. The van der Waals surface area contributed by atoms with Gasteiger partial charge in [0.25, 0.3) is 0 Å². The first-order valence-corrected chi connectivity index (χ1v) is 7.08. The van der Waals surface area contributed by atoms with Crippen LogP contribution in [0, 0.1) is 0 Å². The van der Waals surface area contributed by atoms with Gasteiger partial charge in [-0.2, -0.15) is 0 Å². The quantitative estimate of drug-likeness (QED) is 0.639. The third-order valence-electron chi connectivity index (χ3n) is 3.39. The Morgan fingerprint density at radius 3 is 2.48 bits per heavy atom. The molecule has 0 spiro atoms. The summed E-state index contributed by atoms with van der Waals surface area (Å²) in [5.74, 6) is 0. The van der Waals surface area contributed by atoms with E-state index in [-0.39, 0.29) is 0 Å². The van der Waals surface area contributed by atoms with Crippen LogP contribution in [0.25, 0.3) is 5.69 Å². The Hall–Kier alpha value is -2.36. The molecule has 0 saturated heterocycles. The molecule has 1 aromatic carbocycles. The zero-order valence-electron chi connectivity index (χ0n) is 12.7. The van der Waals surface area contributed by atoms with E-state index in [0.717, 1.165) is 23.2 Å². The first-order chi connectivity index (χ1) is 10.0. The van der Waals surface area contributed by atoms with E-state index in [1.165, 1.54) is 9.13 Å². The highest BCUT2D eigenvalue weighted by Gasteiger charge is 2.08. The van der Waals surface area contributed by atoms with Gasteiger partial charge in [-0.15, -0.1) is 0 Å². The van der Waals surface area contributed by atoms with Crippen LogP contribution in [-0.2, 0) is 13.0 Å². The molecular weight excluding hydrogens is 264 g/mol. The van der Waals surface area contributed by atoms with E-state index in [2.05, 4.69) is 0 Å². The summed E-state index contributed by atoms with van der Waals surface area (Å²) in [6.45, 7) is 6.38. The maximum atomic E-state index is 12.3. The molecule has 0 aliphatic carbocycles. The highest BCUT2D eigenvalue weighted by Crippen LogP contribution is 2.12. The van der Waals surface area contributed by atoms with Crippen molar-refractivity contribution in [3.05, 3.63) is 74.6 Å². The second-order valence-electron chi connectivity index (χ2n) is 5.19. The largest absolute Gasteiger partial charge is 0.320 e. The minimum absolute atomic E-state index is 0.423. The predicted molar refractivity (Wildman–Crippen MR) is 85.1 cm³/mol. The molecule has 0 unspecified atom stereocenters. The Morgan fingerprint density at radius 2 is 1.81 bits per heavy atom. The Morgan fingerprint density at radius 1 is 1.10 bits per heavy atom. The summed E-state index contributed by atoms with van der Waals surface area (Å²) < 4.78 is 2.86. The molecule has 2 aromatic rings. The zero-order chi connectivity index (χ0) is 15.4. The van der Waals surface area contributed by atoms with Crippen molar-refractivity contribution in [3.63, 3.8) is 0 Å². The molecule has 0 radical (unpaired) electrons. The number of aryl methyl sites for hydroxylation is 1. The number of aromatic nitrogens is 2. The van der Waals surface area contributed by atoms with Gasteiger partial charge < -0.3 is 4.57 Å². The van der Waals surface area contributed by atoms with Crippen molar-refractivity contribution >= 4 is 0 Å². The summed E-state index contributed by atoms with van der Waals surface area (Å²) in [7, 11) is 0. The lowest BCUT2D eigenvalue weighted by Gasteiger charge is -2.11. The van der Waals surface area contributed by atoms with E-state index in [9.17, 15) is 9.59 Å². The first kappa shape index (κ1) is 15.0. The van der Waals surface area contributed by atoms with E-state index >= 15 is 0 Å². The Kier molecular flexibility index (Phi) is 4.58. The number of benzene rings is 1. The number of para-hydroxylation sites is 1. The van der Waals surface area contributed by atoms with Crippen molar-refractivity contribution in [2.75, 3.05) is 0 Å². The molecule has 4 heteroatoms. The van der Waals surface area contributed by atoms with Crippen LogP contribution in [0.3, 0.4) is 0 Å². The van der Waals surface area contributed by atoms with Gasteiger partial charge in [-0.1, -0.05) is 36.8 Å². The van der Waals surface area contributed by atoms with Crippen molar-refractivity contribution in [1.82, 2.24) is 9.13 Å². The van der Waals surface area contributed by atoms with E-state index in [0.29, 0.717) is 6.54 Å². The average molecular weight is 284 g/mol. The van der Waals surface area contributed by atoms with Crippen molar-refractivity contribution in [2.24, 2.45) is 0 Å². The van der Waals surface area contributed by atoms with Crippen LogP contribution in [0.4, 0.5) is 0 Å². The SMILES string of the molecule is CCc1ccccc1-n1ccn(CC=C(C)C)c(=O)c1=O. The molecule has 0 N–H and O–H groups in total. The fourth-order valence-corrected chi connectivity index (χ4v) is 2.17. The first-order valence-electron chi connectivity index (χ1n) is 7.08. The second-order valence-corrected chi connectivity index (χ2v) is 5.19. The summed E-state index contributed by atoms with van der Waals surface area (Å²) >= 11 is 0. The molecule has 0 fully saturated rings. The van der Waals surface area contributed by atoms with Crippen LogP contribution in [0.1, 0.15) is 26.3 Å². The fraction of sp³-hybridized carbons (Fsp3) is 0.294. The van der Waals surface area contributed by atoms with Gasteiger partial charge in [0.15, 0.2) is 0 Å². The normalized spacial score (nSPS) is 10.4. The van der Waals surface area contributed by atoms with Crippen LogP contribution in [0.2, 0.25) is 0 Å². The Bertz CT molecular complexity index is 778. The van der Waals surface area contributed by atoms with Gasteiger partial charge in [0.05, 0.1) is 5.69 Å². The minimum Gasteiger partial charge on any atom is -0.305 e. The lowest BCUT2D eigenvalue weighted by molar-refractivity contribution is 0.727. The van der Waals surface area contributed by atoms with Crippen molar-refractivity contribution in [1.29, 1.82) is 0 Å². The number of rotatable bonds is 4. The summed E-state index contributed by atoms with van der Waals surface area (Å²) in [6, 6.07) is 7.63. The van der Waals surface area contributed by atoms with Crippen molar-refractivity contribution < 1.29 is 0 Å². The lowest BCUT2D eigenvalue weighted by atomic mass is 10.1. The van der Waals surface area contributed by atoms with Gasteiger partial charge >= 0.3 is 11.1 Å². The smallest absolute Gasteiger partial charge is 0.305 e. The van der Waals surface area contributed by atoms with Crippen molar-refractivity contribution in [2.45, 2.75) is 33.7 Å². The van der Waals surface area contributed by atoms with Gasteiger partial charge in [-0.05, 0) is 31.9 Å². The van der Waals surface area contributed by atoms with Crippen LogP contribution >= 0.6 is 0 Å². The molecule has 21 heavy (non-hydrogen) atoms. The molecule has 0 saturated carbocycles. The topological polar surface area (TPSA) is 44.0 Å². The number of allylic oxidation sites excluding steroid dienone is 2. The number of nitrogens with zero attached hydrogens (tertiary/aromatic N) is 2. The van der Waals surface area contributed by atoms with Gasteiger partial charge in [0.1, 0.15) is 0 Å². The molecule has 0 aliphatic rings. The van der Waals surface area contributed by atoms with Crippen LogP contribution in [0.5, 0.6) is 0 Å². The van der Waals surface area contributed by atoms with Crippen LogP contribution in [0.15, 0.2) is 57.9 Å². The molecule has 0 aliphatic heterocycles. The van der Waals surface area contributed by atoms with Crippen LogP contribution < -0.4 is 11.1 Å².